The highest BCUT2D eigenvalue weighted by Gasteiger charge is 2.17. The number of nitrogens with zero attached hydrogens (tertiary/aromatic N) is 4. The molecular formula is C16H15ClFN5. The fourth-order valence-corrected chi connectivity index (χ4v) is 3.12. The molecule has 2 aromatic heterocycles. The second-order valence-corrected chi connectivity index (χ2v) is 6.05. The summed E-state index contributed by atoms with van der Waals surface area (Å²) in [7, 11) is 0. The third-order valence-electron chi connectivity index (χ3n) is 4.08. The Bertz CT molecular complexity index is 876. The summed E-state index contributed by atoms with van der Waals surface area (Å²) in [5, 5.41) is 3.23. The predicted octanol–water partition coefficient (Wildman–Crippen LogP) is 4.09. The molecule has 0 amide bonds. The summed E-state index contributed by atoms with van der Waals surface area (Å²) in [6.45, 7) is 0.935. The zero-order valence-corrected chi connectivity index (χ0v) is 13.1. The van der Waals surface area contributed by atoms with Crippen LogP contribution in [-0.4, -0.2) is 19.5 Å². The number of imidazole rings is 1. The Hall–Kier alpha value is -2.21. The number of fused-ring (bicyclic) bond motifs is 3. The zero-order chi connectivity index (χ0) is 15.8. The van der Waals surface area contributed by atoms with E-state index in [4.69, 9.17) is 16.6 Å². The van der Waals surface area contributed by atoms with E-state index in [1.165, 1.54) is 24.9 Å². The lowest BCUT2D eigenvalue weighted by atomic mass is 10.2. The third-order valence-corrected chi connectivity index (χ3v) is 4.37. The van der Waals surface area contributed by atoms with Gasteiger partial charge < -0.3 is 9.88 Å². The van der Waals surface area contributed by atoms with Gasteiger partial charge in [0, 0.05) is 18.7 Å². The van der Waals surface area contributed by atoms with Crippen LogP contribution in [0.2, 0.25) is 5.02 Å². The van der Waals surface area contributed by atoms with Crippen molar-refractivity contribution < 1.29 is 4.39 Å². The number of hydrogen-bond acceptors (Lipinski definition) is 4. The monoisotopic (exact) mass is 331 g/mol. The molecule has 3 heterocycles. The van der Waals surface area contributed by atoms with Gasteiger partial charge in [0.15, 0.2) is 17.0 Å². The van der Waals surface area contributed by atoms with Crippen LogP contribution < -0.4 is 5.32 Å². The van der Waals surface area contributed by atoms with E-state index in [1.807, 2.05) is 0 Å². The molecule has 4 rings (SSSR count). The molecule has 1 aliphatic rings. The second kappa shape index (κ2) is 5.77. The van der Waals surface area contributed by atoms with Crippen LogP contribution in [0.5, 0.6) is 0 Å². The van der Waals surface area contributed by atoms with E-state index in [-0.39, 0.29) is 5.02 Å². The summed E-state index contributed by atoms with van der Waals surface area (Å²) >= 11 is 5.83. The quantitative estimate of drug-likeness (QED) is 0.768. The number of hydrogen-bond donors (Lipinski definition) is 1. The summed E-state index contributed by atoms with van der Waals surface area (Å²) in [6, 6.07) is 4.48. The number of benzene rings is 1. The molecule has 0 saturated carbocycles. The summed E-state index contributed by atoms with van der Waals surface area (Å²) in [5.74, 6) is 1.22. The number of halogens is 2. The van der Waals surface area contributed by atoms with Crippen molar-refractivity contribution in [2.75, 3.05) is 5.32 Å². The minimum absolute atomic E-state index is 0.0703. The van der Waals surface area contributed by atoms with E-state index < -0.39 is 5.82 Å². The number of aromatic nitrogens is 4. The average molecular weight is 332 g/mol. The van der Waals surface area contributed by atoms with Gasteiger partial charge >= 0.3 is 0 Å². The van der Waals surface area contributed by atoms with Gasteiger partial charge in [0.2, 0.25) is 0 Å². The van der Waals surface area contributed by atoms with E-state index in [0.29, 0.717) is 11.5 Å². The molecule has 5 nitrogen and oxygen atoms in total. The number of anilines is 2. The van der Waals surface area contributed by atoms with Gasteiger partial charge in [0.05, 0.1) is 5.02 Å². The van der Waals surface area contributed by atoms with Crippen LogP contribution in [0.4, 0.5) is 15.9 Å². The van der Waals surface area contributed by atoms with Crippen molar-refractivity contribution in [3.8, 4) is 0 Å². The highest BCUT2D eigenvalue weighted by molar-refractivity contribution is 6.31. The van der Waals surface area contributed by atoms with Crippen molar-refractivity contribution in [1.29, 1.82) is 0 Å². The highest BCUT2D eigenvalue weighted by Crippen LogP contribution is 2.27. The first-order chi connectivity index (χ1) is 11.2. The van der Waals surface area contributed by atoms with Crippen molar-refractivity contribution in [2.24, 2.45) is 0 Å². The van der Waals surface area contributed by atoms with Crippen molar-refractivity contribution >= 4 is 34.3 Å². The van der Waals surface area contributed by atoms with Crippen molar-refractivity contribution in [3.05, 3.63) is 41.2 Å². The average Bonchev–Trinajstić information content (AvgIpc) is 2.74. The molecule has 0 radical (unpaired) electrons. The Morgan fingerprint density at radius 1 is 1.17 bits per heavy atom. The fraction of sp³-hybridized carbons (Fsp3) is 0.312. The molecule has 23 heavy (non-hydrogen) atoms. The van der Waals surface area contributed by atoms with Crippen LogP contribution >= 0.6 is 11.6 Å². The highest BCUT2D eigenvalue weighted by atomic mass is 35.5. The van der Waals surface area contributed by atoms with E-state index in [0.717, 1.165) is 42.8 Å². The first kappa shape index (κ1) is 14.4. The van der Waals surface area contributed by atoms with E-state index in [1.54, 1.807) is 6.07 Å². The maximum atomic E-state index is 13.3. The van der Waals surface area contributed by atoms with Gasteiger partial charge in [-0.15, -0.1) is 0 Å². The normalized spacial score (nSPS) is 14.5. The Morgan fingerprint density at radius 3 is 2.96 bits per heavy atom. The first-order valence-electron chi connectivity index (χ1n) is 7.64. The molecular weight excluding hydrogens is 317 g/mol. The minimum Gasteiger partial charge on any atom is -0.338 e. The van der Waals surface area contributed by atoms with Gasteiger partial charge in [-0.1, -0.05) is 18.0 Å². The lowest BCUT2D eigenvalue weighted by Gasteiger charge is -2.07. The maximum absolute atomic E-state index is 13.3. The standard InChI is InChI=1S/C16H15ClFN5/c17-11-8-10(5-6-12(11)18)21-15-14-16(20-9-19-15)23-7-3-1-2-4-13(23)22-14/h5-6,8-9H,1-4,7H2,(H,19,20,21). The molecule has 1 N–H and O–H groups in total. The molecule has 0 spiro atoms. The Labute approximate surface area is 137 Å². The topological polar surface area (TPSA) is 55.6 Å². The number of nitrogens with one attached hydrogen (secondary N) is 1. The van der Waals surface area contributed by atoms with Crippen LogP contribution in [0.1, 0.15) is 25.1 Å². The molecule has 0 aliphatic carbocycles. The summed E-state index contributed by atoms with van der Waals surface area (Å²) < 4.78 is 15.5. The van der Waals surface area contributed by atoms with Crippen molar-refractivity contribution in [3.63, 3.8) is 0 Å². The fourth-order valence-electron chi connectivity index (χ4n) is 2.94. The molecule has 1 aromatic carbocycles. The summed E-state index contributed by atoms with van der Waals surface area (Å²) in [4.78, 5) is 13.4. The lowest BCUT2D eigenvalue weighted by molar-refractivity contribution is 0.628. The lowest BCUT2D eigenvalue weighted by Crippen LogP contribution is -2.02. The van der Waals surface area contributed by atoms with Gasteiger partial charge in [-0.3, -0.25) is 0 Å². The summed E-state index contributed by atoms with van der Waals surface area (Å²) in [5.41, 5.74) is 2.25. The van der Waals surface area contributed by atoms with E-state index in [9.17, 15) is 4.39 Å². The van der Waals surface area contributed by atoms with Crippen molar-refractivity contribution in [2.45, 2.75) is 32.2 Å². The van der Waals surface area contributed by atoms with E-state index in [2.05, 4.69) is 19.9 Å². The predicted molar refractivity (Wildman–Crippen MR) is 87.6 cm³/mol. The first-order valence-corrected chi connectivity index (χ1v) is 8.02. The van der Waals surface area contributed by atoms with Crippen LogP contribution in [0, 0.1) is 5.82 Å². The summed E-state index contributed by atoms with van der Waals surface area (Å²) in [6.07, 6.45) is 5.98. The number of rotatable bonds is 2. The molecule has 1 aliphatic heterocycles. The Kier molecular flexibility index (Phi) is 3.61. The molecule has 0 bridgehead atoms. The Balaban J connectivity index is 1.76. The van der Waals surface area contributed by atoms with Gasteiger partial charge in [-0.2, -0.15) is 0 Å². The molecule has 0 unspecified atom stereocenters. The van der Waals surface area contributed by atoms with Crippen LogP contribution in [0.25, 0.3) is 11.2 Å². The largest absolute Gasteiger partial charge is 0.338 e. The smallest absolute Gasteiger partial charge is 0.165 e. The Morgan fingerprint density at radius 2 is 2.09 bits per heavy atom. The van der Waals surface area contributed by atoms with Gasteiger partial charge in [-0.25, -0.2) is 19.3 Å². The van der Waals surface area contributed by atoms with E-state index >= 15 is 0 Å². The minimum atomic E-state index is -0.446. The molecule has 3 aromatic rings. The second-order valence-electron chi connectivity index (χ2n) is 5.64. The van der Waals surface area contributed by atoms with Crippen LogP contribution in [0.15, 0.2) is 24.5 Å². The number of aryl methyl sites for hydroxylation is 2. The van der Waals surface area contributed by atoms with Crippen LogP contribution in [0.3, 0.4) is 0 Å². The van der Waals surface area contributed by atoms with Gasteiger partial charge in [0.1, 0.15) is 18.0 Å². The van der Waals surface area contributed by atoms with Crippen molar-refractivity contribution in [1.82, 2.24) is 19.5 Å². The SMILES string of the molecule is Fc1ccc(Nc2ncnc3c2nc2n3CCCCC2)cc1Cl. The van der Waals surface area contributed by atoms with Crippen LogP contribution in [-0.2, 0) is 13.0 Å². The molecule has 7 heteroatoms. The van der Waals surface area contributed by atoms with Gasteiger partial charge in [-0.05, 0) is 31.0 Å². The molecule has 0 saturated heterocycles. The van der Waals surface area contributed by atoms with Gasteiger partial charge in [0.25, 0.3) is 0 Å². The zero-order valence-electron chi connectivity index (χ0n) is 12.4. The molecule has 118 valence electrons. The molecule has 0 fully saturated rings. The molecule has 0 atom stereocenters. The third kappa shape index (κ3) is 2.63. The maximum Gasteiger partial charge on any atom is 0.165 e.